The number of sulfonamides is 1. The summed E-state index contributed by atoms with van der Waals surface area (Å²) in [5.41, 5.74) is 5.89. The van der Waals surface area contributed by atoms with Crippen LogP contribution in [0.15, 0.2) is 17.0 Å². The Labute approximate surface area is 118 Å². The Kier molecular flexibility index (Phi) is 3.06. The lowest BCUT2D eigenvalue weighted by Crippen LogP contribution is -2.31. The molecule has 0 amide bonds. The molecule has 0 aromatic heterocycles. The van der Waals surface area contributed by atoms with E-state index in [1.807, 2.05) is 0 Å². The molecule has 2 saturated carbocycles. The van der Waals surface area contributed by atoms with Crippen LogP contribution in [0.5, 0.6) is 0 Å². The zero-order chi connectivity index (χ0) is 14.5. The van der Waals surface area contributed by atoms with Gasteiger partial charge in [0.2, 0.25) is 10.0 Å². The van der Waals surface area contributed by atoms with Crippen LogP contribution in [-0.4, -0.2) is 15.0 Å². The summed E-state index contributed by atoms with van der Waals surface area (Å²) in [5, 5.41) is 0. The van der Waals surface area contributed by atoms with Gasteiger partial charge in [-0.05, 0) is 61.6 Å². The van der Waals surface area contributed by atoms with Crippen molar-refractivity contribution in [2.24, 2.45) is 11.3 Å². The van der Waals surface area contributed by atoms with Crippen molar-refractivity contribution in [3.63, 3.8) is 0 Å². The number of benzene rings is 1. The molecule has 0 unspecified atom stereocenters. The van der Waals surface area contributed by atoms with Gasteiger partial charge in [0.25, 0.3) is 0 Å². The van der Waals surface area contributed by atoms with Gasteiger partial charge in [0.1, 0.15) is 5.82 Å². The molecule has 20 heavy (non-hydrogen) atoms. The maximum atomic E-state index is 13.3. The molecule has 3 rings (SSSR count). The first-order chi connectivity index (χ1) is 9.34. The van der Waals surface area contributed by atoms with E-state index < -0.39 is 15.8 Å². The molecule has 4 nitrogen and oxygen atoms in total. The van der Waals surface area contributed by atoms with Crippen LogP contribution >= 0.6 is 0 Å². The highest BCUT2D eigenvalue weighted by molar-refractivity contribution is 7.89. The lowest BCUT2D eigenvalue weighted by molar-refractivity contribution is 0.432. The number of halogens is 1. The van der Waals surface area contributed by atoms with Crippen LogP contribution in [0.25, 0.3) is 0 Å². The molecule has 0 bridgehead atoms. The molecule has 110 valence electrons. The molecular formula is C14H19FN2O2S. The number of aryl methyl sites for hydroxylation is 1. The highest BCUT2D eigenvalue weighted by atomic mass is 32.2. The van der Waals surface area contributed by atoms with Gasteiger partial charge >= 0.3 is 0 Å². The summed E-state index contributed by atoms with van der Waals surface area (Å²) in [6.07, 6.45) is 4.63. The normalized spacial score (nSPS) is 20.9. The number of hydrogen-bond donors (Lipinski definition) is 2. The third kappa shape index (κ3) is 2.42. The average molecular weight is 298 g/mol. The molecular weight excluding hydrogens is 279 g/mol. The SMILES string of the molecule is Cc1cc(F)c(N)cc1S(=O)(=O)NCC1(C2CC2)CC1. The number of nitrogens with two attached hydrogens (primary N) is 1. The molecule has 2 fully saturated rings. The second-order valence-corrected chi connectivity index (χ2v) is 7.84. The monoisotopic (exact) mass is 298 g/mol. The second-order valence-electron chi connectivity index (χ2n) is 6.10. The minimum Gasteiger partial charge on any atom is -0.396 e. The fourth-order valence-electron chi connectivity index (χ4n) is 2.86. The number of nitrogen functional groups attached to an aromatic ring is 1. The maximum absolute atomic E-state index is 13.3. The van der Waals surface area contributed by atoms with Gasteiger partial charge in [0.05, 0.1) is 10.6 Å². The first kappa shape index (κ1) is 13.8. The molecule has 6 heteroatoms. The summed E-state index contributed by atoms with van der Waals surface area (Å²) >= 11 is 0. The largest absolute Gasteiger partial charge is 0.396 e. The van der Waals surface area contributed by atoms with E-state index in [2.05, 4.69) is 4.72 Å². The molecule has 1 aromatic rings. The van der Waals surface area contributed by atoms with E-state index >= 15 is 0 Å². The van der Waals surface area contributed by atoms with Gasteiger partial charge in [-0.15, -0.1) is 0 Å². The predicted molar refractivity (Wildman–Crippen MR) is 75.1 cm³/mol. The van der Waals surface area contributed by atoms with Crippen molar-refractivity contribution in [1.82, 2.24) is 4.72 Å². The molecule has 0 aliphatic heterocycles. The van der Waals surface area contributed by atoms with Gasteiger partial charge in [0.15, 0.2) is 0 Å². The Morgan fingerprint density at radius 3 is 2.60 bits per heavy atom. The third-order valence-electron chi connectivity index (χ3n) is 4.53. The summed E-state index contributed by atoms with van der Waals surface area (Å²) in [4.78, 5) is 0.0722. The van der Waals surface area contributed by atoms with Crippen molar-refractivity contribution in [2.45, 2.75) is 37.5 Å². The van der Waals surface area contributed by atoms with E-state index in [1.165, 1.54) is 18.9 Å². The molecule has 0 saturated heterocycles. The quantitative estimate of drug-likeness (QED) is 0.818. The summed E-state index contributed by atoms with van der Waals surface area (Å²) in [7, 11) is -3.63. The standard InChI is InChI=1S/C14H19FN2O2S/c1-9-6-11(15)12(16)7-13(9)20(18,19)17-8-14(4-5-14)10-2-3-10/h6-7,10,17H,2-5,8,16H2,1H3. The summed E-state index contributed by atoms with van der Waals surface area (Å²) in [6, 6.07) is 2.36. The van der Waals surface area contributed by atoms with Gasteiger partial charge in [0, 0.05) is 6.54 Å². The molecule has 0 atom stereocenters. The van der Waals surface area contributed by atoms with Gasteiger partial charge in [-0.25, -0.2) is 17.5 Å². The molecule has 0 heterocycles. The lowest BCUT2D eigenvalue weighted by Gasteiger charge is -2.16. The Balaban J connectivity index is 1.79. The fourth-order valence-corrected chi connectivity index (χ4v) is 4.26. The predicted octanol–water partition coefficient (Wildman–Crippen LogP) is 2.18. The van der Waals surface area contributed by atoms with E-state index in [1.54, 1.807) is 6.92 Å². The average Bonchev–Trinajstić information content (AvgIpc) is 3.24. The maximum Gasteiger partial charge on any atom is 0.240 e. The molecule has 0 spiro atoms. The van der Waals surface area contributed by atoms with Crippen LogP contribution in [-0.2, 0) is 10.0 Å². The van der Waals surface area contributed by atoms with Crippen LogP contribution in [0.1, 0.15) is 31.2 Å². The van der Waals surface area contributed by atoms with Crippen molar-refractivity contribution in [2.75, 3.05) is 12.3 Å². The molecule has 2 aliphatic rings. The van der Waals surface area contributed by atoms with Crippen molar-refractivity contribution < 1.29 is 12.8 Å². The summed E-state index contributed by atoms with van der Waals surface area (Å²) in [5.74, 6) is 0.0997. The van der Waals surface area contributed by atoms with Crippen molar-refractivity contribution in [3.8, 4) is 0 Å². The number of anilines is 1. The van der Waals surface area contributed by atoms with Crippen LogP contribution < -0.4 is 10.5 Å². The zero-order valence-corrected chi connectivity index (χ0v) is 12.3. The van der Waals surface area contributed by atoms with E-state index in [0.717, 1.165) is 18.9 Å². The van der Waals surface area contributed by atoms with E-state index in [4.69, 9.17) is 5.73 Å². The molecule has 2 aliphatic carbocycles. The van der Waals surface area contributed by atoms with Gasteiger partial charge in [-0.1, -0.05) is 0 Å². The number of hydrogen-bond acceptors (Lipinski definition) is 3. The molecule has 0 radical (unpaired) electrons. The smallest absolute Gasteiger partial charge is 0.240 e. The fraction of sp³-hybridized carbons (Fsp3) is 0.571. The van der Waals surface area contributed by atoms with E-state index in [0.29, 0.717) is 18.0 Å². The van der Waals surface area contributed by atoms with E-state index in [9.17, 15) is 12.8 Å². The molecule has 3 N–H and O–H groups in total. The van der Waals surface area contributed by atoms with Crippen LogP contribution in [0.4, 0.5) is 10.1 Å². The summed E-state index contributed by atoms with van der Waals surface area (Å²) in [6.45, 7) is 2.06. The van der Waals surface area contributed by atoms with Crippen molar-refractivity contribution >= 4 is 15.7 Å². The Bertz CT molecular complexity index is 649. The van der Waals surface area contributed by atoms with Gasteiger partial charge in [-0.2, -0.15) is 0 Å². The topological polar surface area (TPSA) is 72.2 Å². The van der Waals surface area contributed by atoms with Crippen LogP contribution in [0.3, 0.4) is 0 Å². The minimum atomic E-state index is -3.63. The first-order valence-electron chi connectivity index (χ1n) is 6.89. The Morgan fingerprint density at radius 1 is 1.40 bits per heavy atom. The number of rotatable bonds is 5. The van der Waals surface area contributed by atoms with Crippen LogP contribution in [0, 0.1) is 24.1 Å². The second kappa shape index (κ2) is 4.43. The van der Waals surface area contributed by atoms with Gasteiger partial charge < -0.3 is 5.73 Å². The van der Waals surface area contributed by atoms with Crippen LogP contribution in [0.2, 0.25) is 0 Å². The zero-order valence-electron chi connectivity index (χ0n) is 11.4. The minimum absolute atomic E-state index is 0.0722. The third-order valence-corrected chi connectivity index (χ3v) is 6.08. The number of nitrogens with one attached hydrogen (secondary N) is 1. The highest BCUT2D eigenvalue weighted by Gasteiger charge is 2.53. The Hall–Kier alpha value is -1.14. The van der Waals surface area contributed by atoms with Gasteiger partial charge in [-0.3, -0.25) is 0 Å². The summed E-state index contributed by atoms with van der Waals surface area (Å²) < 4.78 is 40.7. The van der Waals surface area contributed by atoms with E-state index in [-0.39, 0.29) is 16.0 Å². The Morgan fingerprint density at radius 2 is 2.05 bits per heavy atom. The van der Waals surface area contributed by atoms with Crippen molar-refractivity contribution in [1.29, 1.82) is 0 Å². The van der Waals surface area contributed by atoms with Crippen molar-refractivity contribution in [3.05, 3.63) is 23.5 Å². The highest BCUT2D eigenvalue weighted by Crippen LogP contribution is 2.60. The molecule has 1 aromatic carbocycles. The first-order valence-corrected chi connectivity index (χ1v) is 8.38. The lowest BCUT2D eigenvalue weighted by atomic mass is 10.0.